The van der Waals surface area contributed by atoms with Crippen LogP contribution in [-0.2, 0) is 0 Å². The number of furan rings is 1. The van der Waals surface area contributed by atoms with Crippen LogP contribution in [0.15, 0.2) is 76.4 Å². The van der Waals surface area contributed by atoms with Gasteiger partial charge in [-0.2, -0.15) is 0 Å². The molecule has 0 spiro atoms. The standard InChI is InChI=1S/C24H21ClN6O2S/c25-19-18-21(28-14-29-22(18)33-20(19)15-7-3-1-4-8-15)26-12-11-17-13-27-24(34-17)31-23(32)30-16-9-5-2-6-10-16/h1-10,14,17H,11-13H2,(H,26,28,29)(H2,27,30,31,32). The summed E-state index contributed by atoms with van der Waals surface area (Å²) in [6.07, 6.45) is 2.28. The minimum absolute atomic E-state index is 0.247. The molecule has 3 heterocycles. The van der Waals surface area contributed by atoms with E-state index in [1.54, 1.807) is 11.8 Å². The number of nitrogens with zero attached hydrogens (tertiary/aromatic N) is 3. The number of para-hydroxylation sites is 1. The number of anilines is 2. The zero-order valence-electron chi connectivity index (χ0n) is 18.0. The van der Waals surface area contributed by atoms with Gasteiger partial charge < -0.3 is 15.1 Å². The van der Waals surface area contributed by atoms with Crippen molar-refractivity contribution in [3.8, 4) is 11.3 Å². The summed E-state index contributed by atoms with van der Waals surface area (Å²) in [5.74, 6) is 1.20. The van der Waals surface area contributed by atoms with Crippen LogP contribution in [0.5, 0.6) is 0 Å². The number of aliphatic imine (C=N–C) groups is 1. The Morgan fingerprint density at radius 1 is 1.06 bits per heavy atom. The van der Waals surface area contributed by atoms with Crippen molar-refractivity contribution in [1.29, 1.82) is 0 Å². The molecule has 0 aliphatic carbocycles. The van der Waals surface area contributed by atoms with Crippen molar-refractivity contribution in [2.45, 2.75) is 11.7 Å². The Hall–Kier alpha value is -3.56. The van der Waals surface area contributed by atoms with E-state index in [9.17, 15) is 4.79 Å². The minimum Gasteiger partial charge on any atom is -0.436 e. The average Bonchev–Trinajstić information content (AvgIpc) is 3.44. The first-order chi connectivity index (χ1) is 16.7. The molecule has 172 valence electrons. The summed E-state index contributed by atoms with van der Waals surface area (Å²) in [5, 5.41) is 11.0. The molecule has 8 nitrogen and oxygen atoms in total. The quantitative estimate of drug-likeness (QED) is 0.322. The fourth-order valence-corrected chi connectivity index (χ4v) is 4.90. The van der Waals surface area contributed by atoms with Gasteiger partial charge in [0.05, 0.1) is 6.54 Å². The highest BCUT2D eigenvalue weighted by Crippen LogP contribution is 2.39. The molecule has 1 atom stereocenters. The maximum absolute atomic E-state index is 12.2. The molecule has 0 saturated heterocycles. The number of urea groups is 1. The van der Waals surface area contributed by atoms with Gasteiger partial charge in [0.15, 0.2) is 10.9 Å². The van der Waals surface area contributed by atoms with Gasteiger partial charge in [0.2, 0.25) is 5.71 Å². The van der Waals surface area contributed by atoms with Crippen molar-refractivity contribution in [3.63, 3.8) is 0 Å². The number of thioether (sulfide) groups is 1. The predicted molar refractivity (Wildman–Crippen MR) is 138 cm³/mol. The second kappa shape index (κ2) is 10.1. The fourth-order valence-electron chi connectivity index (χ4n) is 3.58. The highest BCUT2D eigenvalue weighted by atomic mass is 35.5. The number of amides is 2. The molecule has 34 heavy (non-hydrogen) atoms. The van der Waals surface area contributed by atoms with Crippen LogP contribution < -0.4 is 16.0 Å². The number of carbonyl (C=O) groups is 1. The molecular weight excluding hydrogens is 472 g/mol. The molecule has 0 radical (unpaired) electrons. The van der Waals surface area contributed by atoms with Crippen molar-refractivity contribution < 1.29 is 9.21 Å². The molecule has 5 rings (SSSR count). The van der Waals surface area contributed by atoms with Gasteiger partial charge in [0, 0.05) is 23.0 Å². The van der Waals surface area contributed by atoms with E-state index in [4.69, 9.17) is 16.0 Å². The molecule has 4 aromatic rings. The first-order valence-electron chi connectivity index (χ1n) is 10.7. The lowest BCUT2D eigenvalue weighted by molar-refractivity contribution is 0.256. The Balaban J connectivity index is 1.16. The number of benzene rings is 2. The van der Waals surface area contributed by atoms with E-state index >= 15 is 0 Å². The normalized spacial score (nSPS) is 15.2. The van der Waals surface area contributed by atoms with Crippen LogP contribution in [-0.4, -0.2) is 39.5 Å². The monoisotopic (exact) mass is 492 g/mol. The highest BCUT2D eigenvalue weighted by Gasteiger charge is 2.22. The van der Waals surface area contributed by atoms with Crippen LogP contribution in [0.25, 0.3) is 22.4 Å². The molecule has 2 amide bonds. The number of halogens is 1. The van der Waals surface area contributed by atoms with Gasteiger partial charge in [0.1, 0.15) is 22.6 Å². The molecule has 2 aromatic heterocycles. The number of nitrogens with one attached hydrogen (secondary N) is 3. The van der Waals surface area contributed by atoms with Crippen molar-refractivity contribution in [3.05, 3.63) is 72.0 Å². The Labute approximate surface area is 205 Å². The van der Waals surface area contributed by atoms with E-state index in [-0.39, 0.29) is 11.3 Å². The Kier molecular flexibility index (Phi) is 6.64. The van der Waals surface area contributed by atoms with Gasteiger partial charge in [0.25, 0.3) is 0 Å². The molecule has 3 N–H and O–H groups in total. The van der Waals surface area contributed by atoms with Crippen LogP contribution >= 0.6 is 23.4 Å². The van der Waals surface area contributed by atoms with E-state index in [2.05, 4.69) is 30.9 Å². The summed E-state index contributed by atoms with van der Waals surface area (Å²) in [4.78, 5) is 25.2. The zero-order chi connectivity index (χ0) is 23.3. The number of aromatic nitrogens is 2. The third-order valence-electron chi connectivity index (χ3n) is 5.19. The van der Waals surface area contributed by atoms with Gasteiger partial charge in [-0.05, 0) is 18.6 Å². The summed E-state index contributed by atoms with van der Waals surface area (Å²) in [6, 6.07) is 18.7. The number of fused-ring (bicyclic) bond motifs is 1. The SMILES string of the molecule is O=C(NC1=NCC(CCNc2ncnc3oc(-c4ccccc4)c(Cl)c23)S1)Nc1ccccc1. The Morgan fingerprint density at radius 2 is 1.82 bits per heavy atom. The van der Waals surface area contributed by atoms with Crippen molar-refractivity contribution in [2.75, 3.05) is 23.7 Å². The lowest BCUT2D eigenvalue weighted by Crippen LogP contribution is -2.32. The number of carbonyl (C=O) groups excluding carboxylic acids is 1. The summed E-state index contributed by atoms with van der Waals surface area (Å²) in [5.41, 5.74) is 2.05. The zero-order valence-corrected chi connectivity index (χ0v) is 19.6. The highest BCUT2D eigenvalue weighted by molar-refractivity contribution is 8.14. The van der Waals surface area contributed by atoms with E-state index in [1.165, 1.54) is 6.33 Å². The van der Waals surface area contributed by atoms with Crippen molar-refractivity contribution in [1.82, 2.24) is 15.3 Å². The lowest BCUT2D eigenvalue weighted by atomic mass is 10.1. The molecule has 1 unspecified atom stereocenters. The molecule has 2 aromatic carbocycles. The Bertz CT molecular complexity index is 1330. The number of amidine groups is 1. The van der Waals surface area contributed by atoms with Gasteiger partial charge >= 0.3 is 6.03 Å². The smallest absolute Gasteiger partial charge is 0.325 e. The number of hydrogen-bond acceptors (Lipinski definition) is 7. The van der Waals surface area contributed by atoms with Crippen LogP contribution in [0.3, 0.4) is 0 Å². The topological polar surface area (TPSA) is 104 Å². The second-order valence-corrected chi connectivity index (χ2v) is 9.23. The van der Waals surface area contributed by atoms with Crippen LogP contribution in [0.1, 0.15) is 6.42 Å². The van der Waals surface area contributed by atoms with Crippen molar-refractivity contribution in [2.24, 2.45) is 4.99 Å². The van der Waals surface area contributed by atoms with Crippen LogP contribution in [0, 0.1) is 0 Å². The largest absolute Gasteiger partial charge is 0.436 e. The Morgan fingerprint density at radius 3 is 2.62 bits per heavy atom. The molecule has 0 fully saturated rings. The first kappa shape index (κ1) is 22.2. The van der Waals surface area contributed by atoms with Crippen LogP contribution in [0.2, 0.25) is 5.02 Å². The van der Waals surface area contributed by atoms with E-state index in [0.29, 0.717) is 46.0 Å². The summed E-state index contributed by atoms with van der Waals surface area (Å²) in [6.45, 7) is 1.29. The van der Waals surface area contributed by atoms with Crippen LogP contribution in [0.4, 0.5) is 16.3 Å². The number of rotatable bonds is 6. The molecule has 1 aliphatic heterocycles. The molecule has 0 saturated carbocycles. The molecule has 10 heteroatoms. The lowest BCUT2D eigenvalue weighted by Gasteiger charge is -2.11. The third kappa shape index (κ3) is 5.00. The van der Waals surface area contributed by atoms with E-state index in [1.807, 2.05) is 60.7 Å². The van der Waals surface area contributed by atoms with E-state index < -0.39 is 0 Å². The maximum Gasteiger partial charge on any atom is 0.325 e. The van der Waals surface area contributed by atoms with Gasteiger partial charge in [-0.1, -0.05) is 71.9 Å². The van der Waals surface area contributed by atoms with Gasteiger partial charge in [-0.25, -0.2) is 14.8 Å². The summed E-state index contributed by atoms with van der Waals surface area (Å²) < 4.78 is 5.91. The van der Waals surface area contributed by atoms with E-state index in [0.717, 1.165) is 17.7 Å². The third-order valence-corrected chi connectivity index (χ3v) is 6.73. The fraction of sp³-hybridized carbons (Fsp3) is 0.167. The predicted octanol–water partition coefficient (Wildman–Crippen LogP) is 5.64. The van der Waals surface area contributed by atoms with Gasteiger partial charge in [-0.3, -0.25) is 10.3 Å². The number of hydrogen-bond donors (Lipinski definition) is 3. The first-order valence-corrected chi connectivity index (χ1v) is 12.0. The summed E-state index contributed by atoms with van der Waals surface area (Å²) in [7, 11) is 0. The summed E-state index contributed by atoms with van der Waals surface area (Å²) >= 11 is 8.20. The average molecular weight is 493 g/mol. The molecule has 0 bridgehead atoms. The minimum atomic E-state index is -0.302. The van der Waals surface area contributed by atoms with Gasteiger partial charge in [-0.15, -0.1) is 0 Å². The van der Waals surface area contributed by atoms with Crippen molar-refractivity contribution >= 4 is 57.2 Å². The second-order valence-electron chi connectivity index (χ2n) is 7.56. The molecular formula is C24H21ClN6O2S. The maximum atomic E-state index is 12.2. The molecule has 1 aliphatic rings.